The molecule has 1 heterocycles. The van der Waals surface area contributed by atoms with Gasteiger partial charge in [-0.15, -0.1) is 0 Å². The molecule has 1 fully saturated rings. The SMILES string of the molecule is COc1cc(NC(=O)C2C(C(=O)O)C2(C)C)ccc1-c1ccc(CO)o1. The number of rotatable bonds is 6. The minimum Gasteiger partial charge on any atom is -0.496 e. The van der Waals surface area contributed by atoms with E-state index < -0.39 is 23.2 Å². The Morgan fingerprint density at radius 3 is 2.50 bits per heavy atom. The van der Waals surface area contributed by atoms with Gasteiger partial charge >= 0.3 is 5.97 Å². The predicted molar refractivity (Wildman–Crippen MR) is 93.6 cm³/mol. The number of methoxy groups -OCH3 is 1. The minimum atomic E-state index is -0.958. The van der Waals surface area contributed by atoms with Gasteiger partial charge in [-0.2, -0.15) is 0 Å². The van der Waals surface area contributed by atoms with Crippen LogP contribution in [-0.4, -0.2) is 29.2 Å². The van der Waals surface area contributed by atoms with Crippen molar-refractivity contribution in [2.45, 2.75) is 20.5 Å². The van der Waals surface area contributed by atoms with Gasteiger partial charge in [0.1, 0.15) is 23.9 Å². The Morgan fingerprint density at radius 2 is 1.96 bits per heavy atom. The lowest BCUT2D eigenvalue weighted by Gasteiger charge is -2.11. The molecule has 0 aliphatic heterocycles. The van der Waals surface area contributed by atoms with Crippen molar-refractivity contribution in [3.63, 3.8) is 0 Å². The van der Waals surface area contributed by atoms with Crippen LogP contribution in [0, 0.1) is 17.3 Å². The van der Waals surface area contributed by atoms with Gasteiger partial charge in [-0.3, -0.25) is 9.59 Å². The molecule has 0 spiro atoms. The zero-order valence-corrected chi connectivity index (χ0v) is 14.8. The Balaban J connectivity index is 1.80. The molecule has 0 bridgehead atoms. The normalized spacial score (nSPS) is 20.5. The summed E-state index contributed by atoms with van der Waals surface area (Å²) in [5.41, 5.74) is 0.631. The molecule has 3 rings (SSSR count). The number of carboxylic acids is 1. The van der Waals surface area contributed by atoms with Crippen LogP contribution in [-0.2, 0) is 16.2 Å². The van der Waals surface area contributed by atoms with Gasteiger partial charge in [-0.05, 0) is 29.7 Å². The lowest BCUT2D eigenvalue weighted by Crippen LogP contribution is -2.17. The van der Waals surface area contributed by atoms with Gasteiger partial charge in [0.15, 0.2) is 0 Å². The third kappa shape index (κ3) is 3.06. The topological polar surface area (TPSA) is 109 Å². The Kier molecular flexibility index (Phi) is 4.50. The Hall–Kier alpha value is -2.80. The molecular formula is C19H21NO6. The third-order valence-corrected chi connectivity index (χ3v) is 4.93. The monoisotopic (exact) mass is 359 g/mol. The molecular weight excluding hydrogens is 338 g/mol. The van der Waals surface area contributed by atoms with Crippen LogP contribution in [0.1, 0.15) is 19.6 Å². The molecule has 7 heteroatoms. The highest BCUT2D eigenvalue weighted by molar-refractivity contribution is 6.00. The molecule has 1 aromatic carbocycles. The van der Waals surface area contributed by atoms with E-state index in [1.165, 1.54) is 7.11 Å². The lowest BCUT2D eigenvalue weighted by molar-refractivity contribution is -0.140. The van der Waals surface area contributed by atoms with Gasteiger partial charge in [0.25, 0.3) is 0 Å². The van der Waals surface area contributed by atoms with Gasteiger partial charge in [0.2, 0.25) is 5.91 Å². The number of anilines is 1. The van der Waals surface area contributed by atoms with Crippen molar-refractivity contribution in [1.82, 2.24) is 0 Å². The Labute approximate surface area is 150 Å². The molecule has 0 radical (unpaired) electrons. The van der Waals surface area contributed by atoms with Crippen LogP contribution in [0.3, 0.4) is 0 Å². The van der Waals surface area contributed by atoms with Crippen LogP contribution in [0.25, 0.3) is 11.3 Å². The van der Waals surface area contributed by atoms with E-state index in [4.69, 9.17) is 14.3 Å². The first-order chi connectivity index (χ1) is 12.3. The second-order valence-electron chi connectivity index (χ2n) is 6.94. The summed E-state index contributed by atoms with van der Waals surface area (Å²) < 4.78 is 10.9. The molecule has 1 aromatic heterocycles. The maximum atomic E-state index is 12.4. The summed E-state index contributed by atoms with van der Waals surface area (Å²) in [6, 6.07) is 8.49. The fraction of sp³-hybridized carbons (Fsp3) is 0.368. The number of carbonyl (C=O) groups excluding carboxylic acids is 1. The van der Waals surface area contributed by atoms with E-state index in [-0.39, 0.29) is 12.5 Å². The first kappa shape index (κ1) is 18.0. The molecule has 0 saturated heterocycles. The number of hydrogen-bond donors (Lipinski definition) is 3. The van der Waals surface area contributed by atoms with Crippen molar-refractivity contribution in [2.24, 2.45) is 17.3 Å². The van der Waals surface area contributed by atoms with Gasteiger partial charge in [-0.25, -0.2) is 0 Å². The van der Waals surface area contributed by atoms with Gasteiger partial charge in [-0.1, -0.05) is 13.8 Å². The molecule has 1 amide bonds. The highest BCUT2D eigenvalue weighted by atomic mass is 16.5. The standard InChI is InChI=1S/C19H21NO6/c1-19(2)15(16(19)18(23)24)17(22)20-10-4-6-12(14(8-10)25-3)13-7-5-11(9-21)26-13/h4-8,15-16,21H,9H2,1-3H3,(H,20,22)(H,23,24). The summed E-state index contributed by atoms with van der Waals surface area (Å²) in [5, 5.41) is 21.1. The molecule has 7 nitrogen and oxygen atoms in total. The molecule has 3 N–H and O–H groups in total. The molecule has 1 aliphatic rings. The van der Waals surface area contributed by atoms with E-state index in [1.807, 2.05) is 0 Å². The zero-order valence-electron chi connectivity index (χ0n) is 14.8. The molecule has 1 saturated carbocycles. The number of hydrogen-bond acceptors (Lipinski definition) is 5. The largest absolute Gasteiger partial charge is 0.496 e. The number of aliphatic hydroxyl groups excluding tert-OH is 1. The second-order valence-corrected chi connectivity index (χ2v) is 6.94. The van der Waals surface area contributed by atoms with Crippen LogP contribution in [0.4, 0.5) is 5.69 Å². The molecule has 26 heavy (non-hydrogen) atoms. The van der Waals surface area contributed by atoms with Crippen LogP contribution < -0.4 is 10.1 Å². The van der Waals surface area contributed by atoms with Crippen molar-refractivity contribution in [3.8, 4) is 17.1 Å². The number of ether oxygens (including phenoxy) is 1. The summed E-state index contributed by atoms with van der Waals surface area (Å²) in [4.78, 5) is 23.7. The Bertz CT molecular complexity index is 853. The maximum Gasteiger partial charge on any atom is 0.307 e. The summed E-state index contributed by atoms with van der Waals surface area (Å²) >= 11 is 0. The van der Waals surface area contributed by atoms with E-state index in [2.05, 4.69) is 5.32 Å². The van der Waals surface area contributed by atoms with E-state index in [1.54, 1.807) is 44.2 Å². The van der Waals surface area contributed by atoms with Crippen molar-refractivity contribution < 1.29 is 29.0 Å². The van der Waals surface area contributed by atoms with Crippen LogP contribution in [0.15, 0.2) is 34.7 Å². The summed E-state index contributed by atoms with van der Waals surface area (Å²) in [6.07, 6.45) is 0. The van der Waals surface area contributed by atoms with E-state index in [0.29, 0.717) is 28.5 Å². The van der Waals surface area contributed by atoms with Gasteiger partial charge < -0.3 is 24.7 Å². The number of nitrogens with one attached hydrogen (secondary N) is 1. The van der Waals surface area contributed by atoms with Crippen LogP contribution >= 0.6 is 0 Å². The molecule has 138 valence electrons. The van der Waals surface area contributed by atoms with Crippen molar-refractivity contribution in [2.75, 3.05) is 12.4 Å². The summed E-state index contributed by atoms with van der Waals surface area (Å²) in [5.74, 6) is -1.05. The number of carboxylic acid groups (broad SMARTS) is 1. The number of aliphatic hydroxyl groups is 1. The third-order valence-electron chi connectivity index (χ3n) is 4.93. The average molecular weight is 359 g/mol. The van der Waals surface area contributed by atoms with E-state index >= 15 is 0 Å². The van der Waals surface area contributed by atoms with Gasteiger partial charge in [0, 0.05) is 11.8 Å². The van der Waals surface area contributed by atoms with E-state index in [0.717, 1.165) is 0 Å². The van der Waals surface area contributed by atoms with Crippen molar-refractivity contribution in [1.29, 1.82) is 0 Å². The number of furan rings is 1. The second kappa shape index (κ2) is 6.49. The summed E-state index contributed by atoms with van der Waals surface area (Å²) in [7, 11) is 1.50. The quantitative estimate of drug-likeness (QED) is 0.732. The van der Waals surface area contributed by atoms with Crippen LogP contribution in [0.5, 0.6) is 5.75 Å². The highest BCUT2D eigenvalue weighted by Gasteiger charge is 2.65. The number of carbonyl (C=O) groups is 2. The van der Waals surface area contributed by atoms with Gasteiger partial charge in [0.05, 0.1) is 24.5 Å². The molecule has 1 aliphatic carbocycles. The highest BCUT2D eigenvalue weighted by Crippen LogP contribution is 2.58. The molecule has 2 unspecified atom stereocenters. The smallest absolute Gasteiger partial charge is 0.307 e. The fourth-order valence-electron chi connectivity index (χ4n) is 3.39. The van der Waals surface area contributed by atoms with Crippen LogP contribution in [0.2, 0.25) is 0 Å². The van der Waals surface area contributed by atoms with Crippen molar-refractivity contribution >= 4 is 17.6 Å². The number of amides is 1. The Morgan fingerprint density at radius 1 is 1.23 bits per heavy atom. The minimum absolute atomic E-state index is 0.196. The first-order valence-corrected chi connectivity index (χ1v) is 8.21. The number of aliphatic carboxylic acids is 1. The maximum absolute atomic E-state index is 12.4. The average Bonchev–Trinajstić information content (AvgIpc) is 2.94. The molecule has 2 aromatic rings. The number of benzene rings is 1. The molecule has 2 atom stereocenters. The van der Waals surface area contributed by atoms with Crippen molar-refractivity contribution in [3.05, 3.63) is 36.1 Å². The first-order valence-electron chi connectivity index (χ1n) is 8.21. The zero-order chi connectivity index (χ0) is 19.1. The fourth-order valence-corrected chi connectivity index (χ4v) is 3.39. The summed E-state index contributed by atoms with van der Waals surface area (Å²) in [6.45, 7) is 3.35. The lowest BCUT2D eigenvalue weighted by atomic mass is 10.1. The predicted octanol–water partition coefficient (Wildman–Crippen LogP) is 2.74. The van der Waals surface area contributed by atoms with E-state index in [9.17, 15) is 14.7 Å².